The minimum Gasteiger partial charge on any atom is -0.479 e. The molecular weight excluding hydrogens is 300 g/mol. The fraction of sp³-hybridized carbons (Fsp3) is 0.176. The molecule has 2 aromatic rings. The second-order valence-corrected chi connectivity index (χ2v) is 5.79. The number of aliphatic hydroxyl groups is 1. The van der Waals surface area contributed by atoms with E-state index in [0.717, 1.165) is 16.0 Å². The number of carboxylic acids is 1. The highest BCUT2D eigenvalue weighted by atomic mass is 32.2. The van der Waals surface area contributed by atoms with Crippen molar-refractivity contribution >= 4 is 22.8 Å². The lowest BCUT2D eigenvalue weighted by atomic mass is 10.0. The van der Waals surface area contributed by atoms with E-state index in [0.29, 0.717) is 12.0 Å². The number of aliphatic hydroxyl groups excluding tert-OH is 1. The quantitative estimate of drug-likeness (QED) is 0.826. The number of carbonyl (C=O) groups excluding carboxylic acids is 1. The van der Waals surface area contributed by atoms with Crippen LogP contribution in [0.1, 0.15) is 25.0 Å². The molecule has 0 radical (unpaired) electrons. The molecule has 2 N–H and O–H groups in total. The summed E-state index contributed by atoms with van der Waals surface area (Å²) in [6.07, 6.45) is -1.07. The summed E-state index contributed by atoms with van der Waals surface area (Å²) in [4.78, 5) is 23.3. The molecule has 0 heterocycles. The Morgan fingerprint density at radius 3 is 2.32 bits per heavy atom. The maximum atomic E-state index is 11.6. The van der Waals surface area contributed by atoms with Gasteiger partial charge >= 0.3 is 5.97 Å². The summed E-state index contributed by atoms with van der Waals surface area (Å²) in [5.41, 5.74) is 2.10. The number of thioether (sulfide) groups is 1. The number of carboxylic acid groups (broad SMARTS) is 1. The van der Waals surface area contributed by atoms with Gasteiger partial charge in [0.1, 0.15) is 0 Å². The SMILES string of the molecule is CCC(=O)Sc1ccccc1-c1ccc(C(O)C(=O)O)cc1. The molecule has 0 bridgehead atoms. The van der Waals surface area contributed by atoms with Gasteiger partial charge in [0, 0.05) is 11.3 Å². The number of hydrogen-bond acceptors (Lipinski definition) is 4. The van der Waals surface area contributed by atoms with E-state index in [1.54, 1.807) is 24.3 Å². The highest BCUT2D eigenvalue weighted by molar-refractivity contribution is 8.13. The van der Waals surface area contributed by atoms with E-state index in [1.807, 2.05) is 31.2 Å². The van der Waals surface area contributed by atoms with Gasteiger partial charge < -0.3 is 10.2 Å². The zero-order valence-corrected chi connectivity index (χ0v) is 12.8. The normalized spacial score (nSPS) is 11.9. The Balaban J connectivity index is 2.32. The van der Waals surface area contributed by atoms with Crippen molar-refractivity contribution in [2.75, 3.05) is 0 Å². The van der Waals surface area contributed by atoms with Crippen LogP contribution in [0, 0.1) is 0 Å². The highest BCUT2D eigenvalue weighted by Crippen LogP contribution is 2.32. The third-order valence-corrected chi connectivity index (χ3v) is 4.26. The molecule has 22 heavy (non-hydrogen) atoms. The minimum atomic E-state index is -1.53. The zero-order valence-electron chi connectivity index (χ0n) is 12.0. The van der Waals surface area contributed by atoms with Gasteiger partial charge in [0.2, 0.25) is 0 Å². The molecule has 114 valence electrons. The van der Waals surface area contributed by atoms with Crippen molar-refractivity contribution in [2.45, 2.75) is 24.3 Å². The average Bonchev–Trinajstić information content (AvgIpc) is 2.54. The molecule has 0 aliphatic rings. The second kappa shape index (κ2) is 7.24. The van der Waals surface area contributed by atoms with Gasteiger partial charge in [-0.1, -0.05) is 61.2 Å². The van der Waals surface area contributed by atoms with Gasteiger partial charge in [0.25, 0.3) is 0 Å². The summed E-state index contributed by atoms with van der Waals surface area (Å²) in [5, 5.41) is 18.4. The van der Waals surface area contributed by atoms with Crippen molar-refractivity contribution in [3.63, 3.8) is 0 Å². The van der Waals surface area contributed by atoms with E-state index in [9.17, 15) is 14.7 Å². The largest absolute Gasteiger partial charge is 0.479 e. The average molecular weight is 316 g/mol. The molecule has 0 saturated heterocycles. The molecule has 0 amide bonds. The Labute approximate surface area is 132 Å². The van der Waals surface area contributed by atoms with Crippen molar-refractivity contribution < 1.29 is 19.8 Å². The second-order valence-electron chi connectivity index (χ2n) is 4.69. The van der Waals surface area contributed by atoms with Crippen molar-refractivity contribution in [3.05, 3.63) is 54.1 Å². The van der Waals surface area contributed by atoms with Gasteiger partial charge in [-0.05, 0) is 22.8 Å². The molecule has 4 nitrogen and oxygen atoms in total. The molecule has 0 spiro atoms. The predicted molar refractivity (Wildman–Crippen MR) is 85.6 cm³/mol. The summed E-state index contributed by atoms with van der Waals surface area (Å²) >= 11 is 1.20. The summed E-state index contributed by atoms with van der Waals surface area (Å²) < 4.78 is 0. The zero-order chi connectivity index (χ0) is 16.1. The van der Waals surface area contributed by atoms with Gasteiger partial charge in [-0.2, -0.15) is 0 Å². The number of aliphatic carboxylic acids is 1. The highest BCUT2D eigenvalue weighted by Gasteiger charge is 2.16. The smallest absolute Gasteiger partial charge is 0.337 e. The molecule has 0 aliphatic carbocycles. The lowest BCUT2D eigenvalue weighted by Gasteiger charge is -2.10. The van der Waals surface area contributed by atoms with Crippen LogP contribution in [-0.2, 0) is 9.59 Å². The molecule has 0 aliphatic heterocycles. The first-order chi connectivity index (χ1) is 10.5. The Bertz CT molecular complexity index is 679. The third-order valence-electron chi connectivity index (χ3n) is 3.17. The molecule has 1 atom stereocenters. The third kappa shape index (κ3) is 3.75. The van der Waals surface area contributed by atoms with E-state index >= 15 is 0 Å². The molecule has 0 fully saturated rings. The van der Waals surface area contributed by atoms with Crippen LogP contribution in [0.25, 0.3) is 11.1 Å². The van der Waals surface area contributed by atoms with Crippen molar-refractivity contribution in [1.82, 2.24) is 0 Å². The van der Waals surface area contributed by atoms with E-state index in [4.69, 9.17) is 5.11 Å². The first-order valence-corrected chi connectivity index (χ1v) is 7.65. The molecule has 0 saturated carbocycles. The molecular formula is C17H16O4S. The molecule has 1 unspecified atom stereocenters. The maximum Gasteiger partial charge on any atom is 0.337 e. The van der Waals surface area contributed by atoms with Gasteiger partial charge in [0.05, 0.1) is 0 Å². The van der Waals surface area contributed by atoms with Crippen LogP contribution in [0.2, 0.25) is 0 Å². The van der Waals surface area contributed by atoms with Crippen LogP contribution in [0.5, 0.6) is 0 Å². The first-order valence-electron chi connectivity index (χ1n) is 6.84. The fourth-order valence-corrected chi connectivity index (χ4v) is 2.81. The summed E-state index contributed by atoms with van der Waals surface area (Å²) in [6.45, 7) is 1.82. The standard InChI is InChI=1S/C17H16O4S/c1-2-15(18)22-14-6-4-3-5-13(14)11-7-9-12(10-8-11)16(19)17(20)21/h3-10,16,19H,2H2,1H3,(H,20,21). The Hall–Kier alpha value is -2.11. The number of carbonyl (C=O) groups is 2. The molecule has 2 aromatic carbocycles. The van der Waals surface area contributed by atoms with Crippen LogP contribution < -0.4 is 0 Å². The summed E-state index contributed by atoms with van der Waals surface area (Å²) in [5.74, 6) is -1.28. The lowest BCUT2D eigenvalue weighted by molar-refractivity contribution is -0.146. The number of rotatable bonds is 5. The van der Waals surface area contributed by atoms with Crippen LogP contribution in [0.15, 0.2) is 53.4 Å². The van der Waals surface area contributed by atoms with Crippen LogP contribution in [0.3, 0.4) is 0 Å². The lowest BCUT2D eigenvalue weighted by Crippen LogP contribution is -2.10. The van der Waals surface area contributed by atoms with E-state index in [1.165, 1.54) is 11.8 Å². The summed E-state index contributed by atoms with van der Waals surface area (Å²) in [7, 11) is 0. The van der Waals surface area contributed by atoms with Gasteiger partial charge in [-0.25, -0.2) is 4.79 Å². The maximum absolute atomic E-state index is 11.6. The number of hydrogen-bond donors (Lipinski definition) is 2. The van der Waals surface area contributed by atoms with Crippen LogP contribution in [-0.4, -0.2) is 21.3 Å². The van der Waals surface area contributed by atoms with Crippen molar-refractivity contribution in [2.24, 2.45) is 0 Å². The summed E-state index contributed by atoms with van der Waals surface area (Å²) in [6, 6.07) is 14.2. The van der Waals surface area contributed by atoms with Gasteiger partial charge in [-0.15, -0.1) is 0 Å². The first kappa shape index (κ1) is 16.3. The minimum absolute atomic E-state index is 0.0883. The topological polar surface area (TPSA) is 74.6 Å². The molecule has 2 rings (SSSR count). The van der Waals surface area contributed by atoms with Crippen LogP contribution in [0.4, 0.5) is 0 Å². The van der Waals surface area contributed by atoms with Crippen molar-refractivity contribution in [1.29, 1.82) is 0 Å². The van der Waals surface area contributed by atoms with Crippen molar-refractivity contribution in [3.8, 4) is 11.1 Å². The molecule has 5 heteroatoms. The molecule has 0 aromatic heterocycles. The van der Waals surface area contributed by atoms with Crippen LogP contribution >= 0.6 is 11.8 Å². The Morgan fingerprint density at radius 1 is 1.09 bits per heavy atom. The van der Waals surface area contributed by atoms with E-state index in [2.05, 4.69) is 0 Å². The monoisotopic (exact) mass is 316 g/mol. The number of benzene rings is 2. The fourth-order valence-electron chi connectivity index (χ4n) is 1.98. The van der Waals surface area contributed by atoms with E-state index < -0.39 is 12.1 Å². The Morgan fingerprint density at radius 2 is 1.73 bits per heavy atom. The Kier molecular flexibility index (Phi) is 5.35. The van der Waals surface area contributed by atoms with E-state index in [-0.39, 0.29) is 5.12 Å². The van der Waals surface area contributed by atoms with Gasteiger partial charge in [-0.3, -0.25) is 4.79 Å². The predicted octanol–water partition coefficient (Wildman–Crippen LogP) is 3.50. The van der Waals surface area contributed by atoms with Gasteiger partial charge in [0.15, 0.2) is 11.2 Å².